The van der Waals surface area contributed by atoms with Gasteiger partial charge in [-0.15, -0.1) is 0 Å². The highest BCUT2D eigenvalue weighted by molar-refractivity contribution is 6.31. The molecule has 0 bridgehead atoms. The number of halogens is 1. The fourth-order valence-electron chi connectivity index (χ4n) is 2.03. The summed E-state index contributed by atoms with van der Waals surface area (Å²) < 4.78 is 5.06. The number of ether oxygens (including phenoxy) is 1. The molecule has 1 unspecified atom stereocenters. The first kappa shape index (κ1) is 17.1. The molecule has 23 heavy (non-hydrogen) atoms. The van der Waals surface area contributed by atoms with Gasteiger partial charge in [-0.2, -0.15) is 0 Å². The number of hydrogen-bond acceptors (Lipinski definition) is 3. The van der Waals surface area contributed by atoms with E-state index >= 15 is 0 Å². The Bertz CT molecular complexity index is 674. The molecule has 2 amide bonds. The summed E-state index contributed by atoms with van der Waals surface area (Å²) in [6, 6.07) is 11.9. The van der Waals surface area contributed by atoms with Gasteiger partial charge >= 0.3 is 6.03 Å². The van der Waals surface area contributed by atoms with E-state index in [-0.39, 0.29) is 6.54 Å². The Kier molecular flexibility index (Phi) is 5.84. The maximum absolute atomic E-state index is 11.9. The number of carbonyl (C=O) groups is 1. The molecule has 0 saturated carbocycles. The van der Waals surface area contributed by atoms with Crippen LogP contribution in [0.3, 0.4) is 0 Å². The van der Waals surface area contributed by atoms with Crippen molar-refractivity contribution in [2.45, 2.75) is 13.0 Å². The summed E-state index contributed by atoms with van der Waals surface area (Å²) in [4.78, 5) is 11.9. The van der Waals surface area contributed by atoms with Crippen LogP contribution < -0.4 is 15.4 Å². The highest BCUT2D eigenvalue weighted by atomic mass is 35.5. The summed E-state index contributed by atoms with van der Waals surface area (Å²) in [5.74, 6) is 0.711. The molecule has 0 spiro atoms. The van der Waals surface area contributed by atoms with E-state index in [9.17, 15) is 9.90 Å². The number of aliphatic hydroxyl groups is 1. The third kappa shape index (κ3) is 4.87. The van der Waals surface area contributed by atoms with Crippen LogP contribution in [0.2, 0.25) is 5.02 Å². The van der Waals surface area contributed by atoms with Crippen molar-refractivity contribution in [3.05, 3.63) is 58.6 Å². The minimum absolute atomic E-state index is 0.0950. The van der Waals surface area contributed by atoms with E-state index in [1.165, 1.54) is 0 Å². The number of urea groups is 1. The number of benzene rings is 2. The van der Waals surface area contributed by atoms with Gasteiger partial charge in [-0.25, -0.2) is 4.79 Å². The van der Waals surface area contributed by atoms with Crippen LogP contribution in [0.15, 0.2) is 42.5 Å². The summed E-state index contributed by atoms with van der Waals surface area (Å²) >= 11 is 5.91. The van der Waals surface area contributed by atoms with Crippen molar-refractivity contribution in [2.24, 2.45) is 0 Å². The molecule has 0 aliphatic carbocycles. The molecule has 2 aromatic carbocycles. The van der Waals surface area contributed by atoms with Gasteiger partial charge in [-0.05, 0) is 42.3 Å². The van der Waals surface area contributed by atoms with Crippen molar-refractivity contribution in [2.75, 3.05) is 19.0 Å². The molecule has 122 valence electrons. The normalized spacial score (nSPS) is 11.7. The molecule has 5 nitrogen and oxygen atoms in total. The molecule has 0 aromatic heterocycles. The van der Waals surface area contributed by atoms with Crippen LogP contribution in [0, 0.1) is 6.92 Å². The molecule has 0 saturated heterocycles. The molecule has 0 aliphatic heterocycles. The van der Waals surface area contributed by atoms with Gasteiger partial charge in [0.2, 0.25) is 0 Å². The first-order chi connectivity index (χ1) is 11.0. The Morgan fingerprint density at radius 3 is 2.61 bits per heavy atom. The van der Waals surface area contributed by atoms with Gasteiger partial charge in [0.15, 0.2) is 0 Å². The van der Waals surface area contributed by atoms with E-state index < -0.39 is 12.1 Å². The van der Waals surface area contributed by atoms with Crippen LogP contribution in [0.5, 0.6) is 5.75 Å². The SMILES string of the molecule is COc1ccc(C(O)CNC(=O)Nc2cc(Cl)ccc2C)cc1. The lowest BCUT2D eigenvalue weighted by atomic mass is 10.1. The lowest BCUT2D eigenvalue weighted by molar-refractivity contribution is 0.175. The Hall–Kier alpha value is -2.24. The van der Waals surface area contributed by atoms with E-state index in [1.54, 1.807) is 43.5 Å². The quantitative estimate of drug-likeness (QED) is 0.783. The van der Waals surface area contributed by atoms with Gasteiger partial charge in [0.1, 0.15) is 5.75 Å². The summed E-state index contributed by atoms with van der Waals surface area (Å²) in [5, 5.41) is 16.0. The van der Waals surface area contributed by atoms with Gasteiger partial charge in [-0.3, -0.25) is 0 Å². The average Bonchev–Trinajstić information content (AvgIpc) is 2.56. The van der Waals surface area contributed by atoms with Crippen molar-refractivity contribution in [1.29, 1.82) is 0 Å². The third-order valence-corrected chi connectivity index (χ3v) is 3.64. The second kappa shape index (κ2) is 7.85. The van der Waals surface area contributed by atoms with E-state index in [2.05, 4.69) is 10.6 Å². The number of rotatable bonds is 5. The van der Waals surface area contributed by atoms with Crippen molar-refractivity contribution in [1.82, 2.24) is 5.32 Å². The first-order valence-corrected chi connectivity index (χ1v) is 7.50. The van der Waals surface area contributed by atoms with Crippen LogP contribution in [-0.4, -0.2) is 24.8 Å². The Labute approximate surface area is 140 Å². The predicted molar refractivity (Wildman–Crippen MR) is 91.2 cm³/mol. The summed E-state index contributed by atoms with van der Waals surface area (Å²) in [7, 11) is 1.58. The predicted octanol–water partition coefficient (Wildman–Crippen LogP) is 3.51. The van der Waals surface area contributed by atoms with Crippen LogP contribution in [0.1, 0.15) is 17.2 Å². The average molecular weight is 335 g/mol. The molecule has 0 aliphatic rings. The smallest absolute Gasteiger partial charge is 0.319 e. The minimum atomic E-state index is -0.799. The van der Waals surface area contributed by atoms with Crippen molar-refractivity contribution >= 4 is 23.3 Å². The molecule has 3 N–H and O–H groups in total. The number of anilines is 1. The molecule has 0 fully saturated rings. The van der Waals surface area contributed by atoms with Crippen LogP contribution >= 0.6 is 11.6 Å². The molecule has 0 radical (unpaired) electrons. The van der Waals surface area contributed by atoms with Gasteiger partial charge in [0.05, 0.1) is 13.2 Å². The summed E-state index contributed by atoms with van der Waals surface area (Å²) in [6.07, 6.45) is -0.799. The lowest BCUT2D eigenvalue weighted by Gasteiger charge is -2.14. The van der Waals surface area contributed by atoms with E-state index in [4.69, 9.17) is 16.3 Å². The fourth-order valence-corrected chi connectivity index (χ4v) is 2.20. The molecule has 1 atom stereocenters. The Morgan fingerprint density at radius 1 is 1.26 bits per heavy atom. The first-order valence-electron chi connectivity index (χ1n) is 7.12. The van der Waals surface area contributed by atoms with Crippen LogP contribution in [0.4, 0.5) is 10.5 Å². The largest absolute Gasteiger partial charge is 0.497 e. The van der Waals surface area contributed by atoms with Crippen molar-refractivity contribution < 1.29 is 14.6 Å². The molecule has 6 heteroatoms. The zero-order valence-corrected chi connectivity index (χ0v) is 13.7. The highest BCUT2D eigenvalue weighted by Gasteiger charge is 2.10. The molecule has 0 heterocycles. The van der Waals surface area contributed by atoms with Crippen molar-refractivity contribution in [3.63, 3.8) is 0 Å². The maximum atomic E-state index is 11.9. The topological polar surface area (TPSA) is 70.6 Å². The van der Waals surface area contributed by atoms with E-state index in [0.29, 0.717) is 22.0 Å². The summed E-state index contributed by atoms with van der Waals surface area (Å²) in [6.45, 7) is 1.97. The molecular weight excluding hydrogens is 316 g/mol. The maximum Gasteiger partial charge on any atom is 0.319 e. The van der Waals surface area contributed by atoms with Crippen molar-refractivity contribution in [3.8, 4) is 5.75 Å². The van der Waals surface area contributed by atoms with E-state index in [1.807, 2.05) is 13.0 Å². The molecular formula is C17H19ClN2O3. The number of aliphatic hydroxyl groups excluding tert-OH is 1. The molecule has 2 aromatic rings. The number of carbonyl (C=O) groups excluding carboxylic acids is 1. The number of methoxy groups -OCH3 is 1. The van der Waals surface area contributed by atoms with Crippen LogP contribution in [-0.2, 0) is 0 Å². The monoisotopic (exact) mass is 334 g/mol. The zero-order chi connectivity index (χ0) is 16.8. The standard InChI is InChI=1S/C17H19ClN2O3/c1-11-3-6-13(18)9-15(11)20-17(22)19-10-16(21)12-4-7-14(23-2)8-5-12/h3-9,16,21H,10H2,1-2H3,(H2,19,20,22). The molecule has 2 rings (SSSR count). The Morgan fingerprint density at radius 2 is 1.96 bits per heavy atom. The van der Waals surface area contributed by atoms with E-state index in [0.717, 1.165) is 5.56 Å². The second-order valence-electron chi connectivity index (χ2n) is 5.08. The third-order valence-electron chi connectivity index (χ3n) is 3.40. The van der Waals surface area contributed by atoms with Gasteiger partial charge < -0.3 is 20.5 Å². The summed E-state index contributed by atoms with van der Waals surface area (Å²) in [5.41, 5.74) is 2.24. The van der Waals surface area contributed by atoms with Gasteiger partial charge in [0, 0.05) is 17.3 Å². The lowest BCUT2D eigenvalue weighted by Crippen LogP contribution is -2.32. The fraction of sp³-hybridized carbons (Fsp3) is 0.235. The minimum Gasteiger partial charge on any atom is -0.497 e. The second-order valence-corrected chi connectivity index (χ2v) is 5.52. The Balaban J connectivity index is 1.89. The number of aryl methyl sites for hydroxylation is 1. The number of hydrogen-bond donors (Lipinski definition) is 3. The van der Waals surface area contributed by atoms with Gasteiger partial charge in [-0.1, -0.05) is 29.8 Å². The highest BCUT2D eigenvalue weighted by Crippen LogP contribution is 2.20. The zero-order valence-electron chi connectivity index (χ0n) is 13.0. The van der Waals surface area contributed by atoms with Crippen LogP contribution in [0.25, 0.3) is 0 Å². The van der Waals surface area contributed by atoms with Gasteiger partial charge in [0.25, 0.3) is 0 Å². The number of nitrogens with one attached hydrogen (secondary N) is 2. The number of amides is 2.